The fourth-order valence-electron chi connectivity index (χ4n) is 4.28. The van der Waals surface area contributed by atoms with Gasteiger partial charge in [0.2, 0.25) is 5.91 Å². The molecule has 0 atom stereocenters. The SMILES string of the molecule is Cc1c(N(C)C(=O)CSc2nnc(-c3cccc(F)c3)n2-c2ccccc2)c(=O)n(-c2ccccc2)n1C. The van der Waals surface area contributed by atoms with Crippen LogP contribution in [0.2, 0.25) is 0 Å². The third-order valence-corrected chi connectivity index (χ3v) is 7.20. The van der Waals surface area contributed by atoms with Crippen LogP contribution < -0.4 is 10.5 Å². The van der Waals surface area contributed by atoms with E-state index in [9.17, 15) is 14.0 Å². The maximum atomic E-state index is 14.0. The molecule has 5 rings (SSSR count). The van der Waals surface area contributed by atoms with E-state index in [0.717, 1.165) is 5.69 Å². The molecule has 1 amide bonds. The summed E-state index contributed by atoms with van der Waals surface area (Å²) < 4.78 is 19.0. The quantitative estimate of drug-likeness (QED) is 0.288. The van der Waals surface area contributed by atoms with E-state index in [4.69, 9.17) is 0 Å². The summed E-state index contributed by atoms with van der Waals surface area (Å²) in [5, 5.41) is 9.09. The minimum Gasteiger partial charge on any atom is -0.308 e. The molecule has 0 N–H and O–H groups in total. The predicted octanol–water partition coefficient (Wildman–Crippen LogP) is 4.63. The summed E-state index contributed by atoms with van der Waals surface area (Å²) in [5.74, 6) is -0.168. The molecule has 0 fully saturated rings. The van der Waals surface area contributed by atoms with Crippen molar-refractivity contribution in [2.24, 2.45) is 7.05 Å². The van der Waals surface area contributed by atoms with E-state index < -0.39 is 0 Å². The zero-order valence-corrected chi connectivity index (χ0v) is 21.9. The van der Waals surface area contributed by atoms with E-state index >= 15 is 0 Å². The first-order valence-electron chi connectivity index (χ1n) is 11.9. The lowest BCUT2D eigenvalue weighted by atomic mass is 10.2. The van der Waals surface area contributed by atoms with Gasteiger partial charge in [-0.1, -0.05) is 60.3 Å². The summed E-state index contributed by atoms with van der Waals surface area (Å²) in [7, 11) is 3.39. The molecule has 2 aromatic heterocycles. The van der Waals surface area contributed by atoms with Crippen molar-refractivity contribution in [2.75, 3.05) is 17.7 Å². The number of hydrogen-bond donors (Lipinski definition) is 0. The number of thioether (sulfide) groups is 1. The van der Waals surface area contributed by atoms with Gasteiger partial charge >= 0.3 is 0 Å². The summed E-state index contributed by atoms with van der Waals surface area (Å²) >= 11 is 1.20. The minimum atomic E-state index is -0.379. The summed E-state index contributed by atoms with van der Waals surface area (Å²) in [4.78, 5) is 28.0. The highest BCUT2D eigenvalue weighted by molar-refractivity contribution is 7.99. The minimum absolute atomic E-state index is 0.0176. The Hall–Kier alpha value is -4.44. The molecular weight excluding hydrogens is 503 g/mol. The van der Waals surface area contributed by atoms with E-state index in [2.05, 4.69) is 10.2 Å². The molecule has 0 spiro atoms. The maximum Gasteiger partial charge on any atom is 0.295 e. The van der Waals surface area contributed by atoms with Crippen molar-refractivity contribution in [3.63, 3.8) is 0 Å². The number of nitrogens with zero attached hydrogens (tertiary/aromatic N) is 6. The number of carbonyl (C=O) groups is 1. The van der Waals surface area contributed by atoms with Crippen molar-refractivity contribution in [3.05, 3.63) is 107 Å². The third-order valence-electron chi connectivity index (χ3n) is 6.29. The molecule has 0 saturated heterocycles. The Bertz CT molecular complexity index is 1660. The summed E-state index contributed by atoms with van der Waals surface area (Å²) in [5.41, 5.74) is 2.76. The zero-order valence-electron chi connectivity index (χ0n) is 21.1. The Morgan fingerprint density at radius 1 is 0.947 bits per heavy atom. The molecule has 0 saturated carbocycles. The lowest BCUT2D eigenvalue weighted by molar-refractivity contribution is -0.115. The van der Waals surface area contributed by atoms with Crippen LogP contribution in [0, 0.1) is 12.7 Å². The van der Waals surface area contributed by atoms with Gasteiger partial charge in [-0.25, -0.2) is 9.07 Å². The largest absolute Gasteiger partial charge is 0.308 e. The first-order chi connectivity index (χ1) is 18.4. The number of anilines is 1. The zero-order chi connectivity index (χ0) is 26.8. The summed E-state index contributed by atoms with van der Waals surface area (Å²) in [6, 6.07) is 24.9. The Morgan fingerprint density at radius 3 is 2.26 bits per heavy atom. The lowest BCUT2D eigenvalue weighted by Crippen LogP contribution is -2.33. The smallest absolute Gasteiger partial charge is 0.295 e. The molecule has 0 aliphatic rings. The Balaban J connectivity index is 1.44. The second-order valence-electron chi connectivity index (χ2n) is 8.64. The van der Waals surface area contributed by atoms with Gasteiger partial charge in [-0.2, -0.15) is 0 Å². The third kappa shape index (κ3) is 4.66. The van der Waals surface area contributed by atoms with Gasteiger partial charge in [-0.15, -0.1) is 10.2 Å². The first kappa shape index (κ1) is 25.2. The number of carbonyl (C=O) groups excluding carboxylic acids is 1. The average Bonchev–Trinajstić information content (AvgIpc) is 3.45. The van der Waals surface area contributed by atoms with Crippen LogP contribution in [0.4, 0.5) is 10.1 Å². The topological polar surface area (TPSA) is 78.0 Å². The van der Waals surface area contributed by atoms with E-state index in [0.29, 0.717) is 33.6 Å². The number of amides is 1. The molecule has 10 heteroatoms. The van der Waals surface area contributed by atoms with Crippen molar-refractivity contribution in [1.29, 1.82) is 0 Å². The van der Waals surface area contributed by atoms with Gasteiger partial charge in [0.05, 0.1) is 17.1 Å². The predicted molar refractivity (Wildman–Crippen MR) is 147 cm³/mol. The lowest BCUT2D eigenvalue weighted by Gasteiger charge is -2.16. The molecule has 0 aliphatic heterocycles. The number of para-hydroxylation sites is 2. The van der Waals surface area contributed by atoms with Crippen molar-refractivity contribution in [2.45, 2.75) is 12.1 Å². The number of rotatable bonds is 7. The van der Waals surface area contributed by atoms with E-state index in [-0.39, 0.29) is 23.0 Å². The van der Waals surface area contributed by atoms with Crippen molar-refractivity contribution < 1.29 is 9.18 Å². The van der Waals surface area contributed by atoms with Gasteiger partial charge in [0, 0.05) is 25.3 Å². The van der Waals surface area contributed by atoms with Gasteiger partial charge in [0.15, 0.2) is 11.0 Å². The molecular formula is C28H25FN6O2S. The first-order valence-corrected chi connectivity index (χ1v) is 12.9. The van der Waals surface area contributed by atoms with Gasteiger partial charge in [0.25, 0.3) is 5.56 Å². The van der Waals surface area contributed by atoms with Gasteiger partial charge in [-0.05, 0) is 43.3 Å². The van der Waals surface area contributed by atoms with Crippen molar-refractivity contribution in [1.82, 2.24) is 24.1 Å². The standard InChI is InChI=1S/C28H25FN6O2S/c1-19-25(27(37)35(33(19)3)23-15-8-5-9-16-23)32(2)24(36)18-38-28-31-30-26(20-11-10-12-21(29)17-20)34(28)22-13-6-4-7-14-22/h4-17H,18H2,1-3H3. The normalized spacial score (nSPS) is 11.1. The Morgan fingerprint density at radius 2 is 1.61 bits per heavy atom. The molecule has 0 aliphatic carbocycles. The van der Waals surface area contributed by atoms with Crippen LogP contribution in [-0.4, -0.2) is 42.8 Å². The fraction of sp³-hybridized carbons (Fsp3) is 0.143. The van der Waals surface area contributed by atoms with Crippen LogP contribution in [0.25, 0.3) is 22.8 Å². The highest BCUT2D eigenvalue weighted by Gasteiger charge is 2.24. The molecule has 38 heavy (non-hydrogen) atoms. The highest BCUT2D eigenvalue weighted by atomic mass is 32.2. The van der Waals surface area contributed by atoms with Crippen LogP contribution in [0.15, 0.2) is 94.9 Å². The summed E-state index contributed by atoms with van der Waals surface area (Å²) in [6.07, 6.45) is 0. The number of benzene rings is 3. The second kappa shape index (κ2) is 10.5. The highest BCUT2D eigenvalue weighted by Crippen LogP contribution is 2.29. The van der Waals surface area contributed by atoms with Gasteiger partial charge in [0.1, 0.15) is 11.5 Å². The molecule has 8 nitrogen and oxygen atoms in total. The molecule has 2 heterocycles. The van der Waals surface area contributed by atoms with Crippen LogP contribution in [0.1, 0.15) is 5.69 Å². The molecule has 0 unspecified atom stereocenters. The summed E-state index contributed by atoms with van der Waals surface area (Å²) in [6.45, 7) is 1.81. The van der Waals surface area contributed by atoms with Gasteiger partial charge < -0.3 is 4.90 Å². The Labute approximate surface area is 223 Å². The molecule has 0 radical (unpaired) electrons. The van der Waals surface area contributed by atoms with Crippen LogP contribution in [-0.2, 0) is 11.8 Å². The van der Waals surface area contributed by atoms with Crippen molar-refractivity contribution >= 4 is 23.4 Å². The van der Waals surface area contributed by atoms with Crippen LogP contribution >= 0.6 is 11.8 Å². The second-order valence-corrected chi connectivity index (χ2v) is 9.58. The van der Waals surface area contributed by atoms with Crippen LogP contribution in [0.3, 0.4) is 0 Å². The Kier molecular flexibility index (Phi) is 6.97. The van der Waals surface area contributed by atoms with E-state index in [1.54, 1.807) is 40.2 Å². The van der Waals surface area contributed by atoms with Crippen molar-refractivity contribution in [3.8, 4) is 22.8 Å². The monoisotopic (exact) mass is 528 g/mol. The van der Waals surface area contributed by atoms with Gasteiger partial charge in [-0.3, -0.25) is 18.8 Å². The molecule has 5 aromatic rings. The molecule has 3 aromatic carbocycles. The molecule has 0 bridgehead atoms. The van der Waals surface area contributed by atoms with Crippen LogP contribution in [0.5, 0.6) is 0 Å². The number of hydrogen-bond acceptors (Lipinski definition) is 5. The average molecular weight is 529 g/mol. The fourth-order valence-corrected chi connectivity index (χ4v) is 5.14. The van der Waals surface area contributed by atoms with E-state index in [1.807, 2.05) is 67.6 Å². The number of aromatic nitrogens is 5. The number of halogens is 1. The molecule has 192 valence electrons. The van der Waals surface area contributed by atoms with E-state index in [1.165, 1.54) is 28.8 Å². The maximum absolute atomic E-state index is 14.0.